The lowest BCUT2D eigenvalue weighted by Crippen LogP contribution is -2.06. The van der Waals surface area contributed by atoms with Crippen LogP contribution in [0.15, 0.2) is 59.2 Å². The maximum atomic E-state index is 11.9. The van der Waals surface area contributed by atoms with Crippen molar-refractivity contribution >= 4 is 23.6 Å². The number of aryl methyl sites for hydroxylation is 1. The molecule has 23 heavy (non-hydrogen) atoms. The van der Waals surface area contributed by atoms with Crippen LogP contribution in [-0.4, -0.2) is 16.8 Å². The Labute approximate surface area is 131 Å². The Morgan fingerprint density at radius 2 is 1.83 bits per heavy atom. The molecule has 0 amide bonds. The van der Waals surface area contributed by atoms with Gasteiger partial charge in [-0.1, -0.05) is 18.2 Å². The van der Waals surface area contributed by atoms with Crippen molar-refractivity contribution in [2.24, 2.45) is 4.99 Å². The Morgan fingerprint density at radius 1 is 1.13 bits per heavy atom. The van der Waals surface area contributed by atoms with Crippen LogP contribution in [0.2, 0.25) is 0 Å². The number of carbonyl (C=O) groups excluding carboxylic acids is 1. The third-order valence-electron chi connectivity index (χ3n) is 3.40. The van der Waals surface area contributed by atoms with Gasteiger partial charge in [-0.15, -0.1) is 0 Å². The van der Waals surface area contributed by atoms with Crippen molar-refractivity contribution in [3.05, 3.63) is 81.0 Å². The highest BCUT2D eigenvalue weighted by Gasteiger charge is 2.24. The van der Waals surface area contributed by atoms with Gasteiger partial charge < -0.3 is 4.74 Å². The molecule has 0 N–H and O–H groups in total. The van der Waals surface area contributed by atoms with E-state index in [0.29, 0.717) is 5.56 Å². The normalized spacial score (nSPS) is 15.4. The molecule has 2 aromatic rings. The number of rotatable bonds is 3. The molecule has 3 rings (SSSR count). The molecule has 0 aliphatic carbocycles. The van der Waals surface area contributed by atoms with Crippen LogP contribution in [0.25, 0.3) is 6.08 Å². The van der Waals surface area contributed by atoms with Crippen LogP contribution >= 0.6 is 0 Å². The van der Waals surface area contributed by atoms with Crippen LogP contribution in [0.4, 0.5) is 5.69 Å². The van der Waals surface area contributed by atoms with Crippen LogP contribution in [0.1, 0.15) is 16.7 Å². The van der Waals surface area contributed by atoms with E-state index in [0.717, 1.165) is 11.1 Å². The Balaban J connectivity index is 1.92. The summed E-state index contributed by atoms with van der Waals surface area (Å²) in [5, 5.41) is 10.6. The Kier molecular flexibility index (Phi) is 3.72. The fraction of sp³-hybridized carbons (Fsp3) is 0.0588. The summed E-state index contributed by atoms with van der Waals surface area (Å²) in [4.78, 5) is 26.3. The molecule has 1 aliphatic heterocycles. The third-order valence-corrected chi connectivity index (χ3v) is 3.40. The van der Waals surface area contributed by atoms with Gasteiger partial charge in [-0.3, -0.25) is 10.1 Å². The molecule has 1 heterocycles. The van der Waals surface area contributed by atoms with Crippen LogP contribution in [-0.2, 0) is 9.53 Å². The molecule has 0 spiro atoms. The zero-order valence-corrected chi connectivity index (χ0v) is 12.2. The van der Waals surface area contributed by atoms with Crippen molar-refractivity contribution in [2.45, 2.75) is 6.92 Å². The van der Waals surface area contributed by atoms with E-state index in [2.05, 4.69) is 4.99 Å². The van der Waals surface area contributed by atoms with E-state index in [-0.39, 0.29) is 17.3 Å². The number of nitro benzene ring substituents is 1. The largest absolute Gasteiger partial charge is 0.402 e. The maximum Gasteiger partial charge on any atom is 0.363 e. The summed E-state index contributed by atoms with van der Waals surface area (Å²) < 4.78 is 5.21. The second-order valence-corrected chi connectivity index (χ2v) is 5.00. The fourth-order valence-electron chi connectivity index (χ4n) is 2.19. The van der Waals surface area contributed by atoms with Crippen molar-refractivity contribution in [3.63, 3.8) is 0 Å². The van der Waals surface area contributed by atoms with E-state index in [4.69, 9.17) is 4.74 Å². The van der Waals surface area contributed by atoms with Gasteiger partial charge in [-0.05, 0) is 42.3 Å². The second-order valence-electron chi connectivity index (χ2n) is 5.00. The predicted molar refractivity (Wildman–Crippen MR) is 84.9 cm³/mol. The summed E-state index contributed by atoms with van der Waals surface area (Å²) >= 11 is 0. The molecule has 2 aromatic carbocycles. The molecule has 1 aliphatic rings. The van der Waals surface area contributed by atoms with Gasteiger partial charge in [0.25, 0.3) is 5.69 Å². The van der Waals surface area contributed by atoms with Crippen LogP contribution in [0.5, 0.6) is 0 Å². The minimum atomic E-state index is -0.540. The number of carbonyl (C=O) groups is 1. The van der Waals surface area contributed by atoms with Crippen molar-refractivity contribution in [3.8, 4) is 0 Å². The first kappa shape index (κ1) is 14.6. The molecule has 0 radical (unpaired) electrons. The second kappa shape index (κ2) is 5.84. The third kappa shape index (κ3) is 3.01. The Morgan fingerprint density at radius 3 is 2.48 bits per heavy atom. The number of non-ortho nitro benzene ring substituents is 1. The number of nitrogens with zero attached hydrogens (tertiary/aromatic N) is 2. The van der Waals surface area contributed by atoms with Crippen molar-refractivity contribution < 1.29 is 14.5 Å². The maximum absolute atomic E-state index is 11.9. The number of hydrogen-bond donors (Lipinski definition) is 0. The molecule has 0 unspecified atom stereocenters. The lowest BCUT2D eigenvalue weighted by Gasteiger charge is -2.02. The molecule has 6 heteroatoms. The molecule has 0 saturated carbocycles. The molecule has 6 nitrogen and oxygen atoms in total. The first-order valence-electron chi connectivity index (χ1n) is 6.87. The predicted octanol–water partition coefficient (Wildman–Crippen LogP) is 3.25. The van der Waals surface area contributed by atoms with Gasteiger partial charge >= 0.3 is 5.97 Å². The summed E-state index contributed by atoms with van der Waals surface area (Å²) in [7, 11) is 0. The smallest absolute Gasteiger partial charge is 0.363 e. The van der Waals surface area contributed by atoms with E-state index in [9.17, 15) is 14.9 Å². The minimum Gasteiger partial charge on any atom is -0.402 e. The lowest BCUT2D eigenvalue weighted by atomic mass is 10.1. The zero-order chi connectivity index (χ0) is 16.4. The molecule has 0 aromatic heterocycles. The monoisotopic (exact) mass is 308 g/mol. The average molecular weight is 308 g/mol. The van der Waals surface area contributed by atoms with Gasteiger partial charge in [0.1, 0.15) is 0 Å². The molecule has 114 valence electrons. The molecule has 0 atom stereocenters. The van der Waals surface area contributed by atoms with E-state index in [1.165, 1.54) is 18.2 Å². The standard InChI is InChI=1S/C17H12N2O4/c1-11-4-2-3-5-14(11)16-18-15(17(20)23-16)10-12-6-8-13(9-7-12)19(21)22/h2-10H,1H3/b15-10-. The van der Waals surface area contributed by atoms with Crippen LogP contribution < -0.4 is 0 Å². The van der Waals surface area contributed by atoms with Gasteiger partial charge in [0, 0.05) is 17.7 Å². The molecule has 0 saturated heterocycles. The van der Waals surface area contributed by atoms with Gasteiger partial charge in [-0.2, -0.15) is 0 Å². The summed E-state index contributed by atoms with van der Waals surface area (Å²) in [5.74, 6) is -0.275. The van der Waals surface area contributed by atoms with E-state index in [1.807, 2.05) is 31.2 Å². The topological polar surface area (TPSA) is 81.8 Å². The molecule has 0 bridgehead atoms. The minimum absolute atomic E-state index is 0.00903. The average Bonchev–Trinajstić information content (AvgIpc) is 2.89. The summed E-state index contributed by atoms with van der Waals surface area (Å²) in [6, 6.07) is 13.3. The number of ether oxygens (including phenoxy) is 1. The van der Waals surface area contributed by atoms with Crippen LogP contribution in [0, 0.1) is 17.0 Å². The highest BCUT2D eigenvalue weighted by Crippen LogP contribution is 2.21. The van der Waals surface area contributed by atoms with Crippen molar-refractivity contribution in [1.82, 2.24) is 0 Å². The van der Waals surface area contributed by atoms with Crippen molar-refractivity contribution in [1.29, 1.82) is 0 Å². The lowest BCUT2D eigenvalue weighted by molar-refractivity contribution is -0.384. The number of aliphatic imine (C=N–C) groups is 1. The summed E-state index contributed by atoms with van der Waals surface area (Å²) in [5.41, 5.74) is 2.50. The van der Waals surface area contributed by atoms with Crippen molar-refractivity contribution in [2.75, 3.05) is 0 Å². The first-order chi connectivity index (χ1) is 11.0. The van der Waals surface area contributed by atoms with Gasteiger partial charge in [-0.25, -0.2) is 9.79 Å². The van der Waals surface area contributed by atoms with E-state index >= 15 is 0 Å². The van der Waals surface area contributed by atoms with E-state index in [1.54, 1.807) is 12.1 Å². The first-order valence-corrected chi connectivity index (χ1v) is 6.87. The Hall–Kier alpha value is -3.28. The van der Waals surface area contributed by atoms with E-state index < -0.39 is 10.9 Å². The fourth-order valence-corrected chi connectivity index (χ4v) is 2.19. The molecule has 0 fully saturated rings. The number of cyclic esters (lactones) is 1. The molecular weight excluding hydrogens is 296 g/mol. The van der Waals surface area contributed by atoms with Gasteiger partial charge in [0.05, 0.1) is 4.92 Å². The van der Waals surface area contributed by atoms with Gasteiger partial charge in [0.2, 0.25) is 5.90 Å². The number of benzene rings is 2. The highest BCUT2D eigenvalue weighted by atomic mass is 16.6. The highest BCUT2D eigenvalue weighted by molar-refractivity contribution is 6.13. The Bertz CT molecular complexity index is 851. The molecular formula is C17H12N2O4. The number of hydrogen-bond acceptors (Lipinski definition) is 5. The summed E-state index contributed by atoms with van der Waals surface area (Å²) in [6.45, 7) is 1.91. The SMILES string of the molecule is Cc1ccccc1C1=N/C(=C\c2ccc([N+](=O)[O-])cc2)C(=O)O1. The summed E-state index contributed by atoms with van der Waals surface area (Å²) in [6.07, 6.45) is 1.54. The van der Waals surface area contributed by atoms with Gasteiger partial charge in [0.15, 0.2) is 5.70 Å². The number of nitro groups is 1. The van der Waals surface area contributed by atoms with Crippen LogP contribution in [0.3, 0.4) is 0 Å². The number of esters is 1. The zero-order valence-electron chi connectivity index (χ0n) is 12.2. The quantitative estimate of drug-likeness (QED) is 0.377.